The molecule has 1 radical (unpaired) electrons. The molecule has 0 saturated carbocycles. The third kappa shape index (κ3) is 10.1. The van der Waals surface area contributed by atoms with E-state index in [1.807, 2.05) is 0 Å². The second-order valence-corrected chi connectivity index (χ2v) is 4.16. The van der Waals surface area contributed by atoms with Gasteiger partial charge in [0.2, 0.25) is 0 Å². The van der Waals surface area contributed by atoms with Gasteiger partial charge in [-0.3, -0.25) is 9.59 Å². The van der Waals surface area contributed by atoms with Gasteiger partial charge in [-0.05, 0) is 6.08 Å². The Kier molecular flexibility index (Phi) is 10.7. The molecular formula is C12H14MnN2O9+2. The van der Waals surface area contributed by atoms with E-state index in [1.54, 1.807) is 6.20 Å². The van der Waals surface area contributed by atoms with Crippen LogP contribution in [0, 0.1) is 0 Å². The maximum absolute atomic E-state index is 10.3. The van der Waals surface area contributed by atoms with Gasteiger partial charge in [0, 0.05) is 6.08 Å². The maximum atomic E-state index is 10.3. The minimum Gasteiger partial charge on any atom is -0.481 e. The molecule has 0 bridgehead atoms. The Bertz CT molecular complexity index is 582. The predicted molar refractivity (Wildman–Crippen MR) is 72.3 cm³/mol. The summed E-state index contributed by atoms with van der Waals surface area (Å²) in [5, 5.41) is 42.0. The largest absolute Gasteiger partial charge is 2.00 e. The fraction of sp³-hybridized carbons (Fsp3) is 0.250. The Hall–Kier alpha value is -2.69. The molecule has 0 unspecified atom stereocenters. The van der Waals surface area contributed by atoms with Crippen LogP contribution >= 0.6 is 0 Å². The Morgan fingerprint density at radius 2 is 1.58 bits per heavy atom. The Morgan fingerprint density at radius 1 is 1.08 bits per heavy atom. The number of nitrogens with one attached hydrogen (secondary N) is 1. The van der Waals surface area contributed by atoms with Crippen molar-refractivity contribution in [2.45, 2.75) is 18.4 Å². The van der Waals surface area contributed by atoms with Crippen LogP contribution in [0.15, 0.2) is 18.6 Å². The van der Waals surface area contributed by atoms with Crippen molar-refractivity contribution in [3.63, 3.8) is 0 Å². The van der Waals surface area contributed by atoms with E-state index in [4.69, 9.17) is 25.5 Å². The number of H-pyrrole nitrogens is 1. The van der Waals surface area contributed by atoms with Crippen molar-refractivity contribution in [1.29, 1.82) is 0 Å². The molecule has 6 N–H and O–H groups in total. The smallest absolute Gasteiger partial charge is 0.481 e. The summed E-state index contributed by atoms with van der Waals surface area (Å²) in [7, 11) is 0. The third-order valence-electron chi connectivity index (χ3n) is 2.21. The van der Waals surface area contributed by atoms with Crippen LogP contribution in [0.5, 0.6) is 0 Å². The van der Waals surface area contributed by atoms with Crippen molar-refractivity contribution in [2.24, 2.45) is 0 Å². The summed E-state index contributed by atoms with van der Waals surface area (Å²) in [6, 6.07) is 0. The van der Waals surface area contributed by atoms with Crippen LogP contribution in [0.3, 0.4) is 0 Å². The first kappa shape index (κ1) is 23.6. The minimum absolute atomic E-state index is 0. The van der Waals surface area contributed by atoms with Gasteiger partial charge in [-0.2, -0.15) is 0 Å². The van der Waals surface area contributed by atoms with Gasteiger partial charge in [-0.1, -0.05) is 0 Å². The van der Waals surface area contributed by atoms with Crippen molar-refractivity contribution in [3.05, 3.63) is 24.3 Å². The molecule has 0 atom stereocenters. The van der Waals surface area contributed by atoms with E-state index < -0.39 is 42.3 Å². The summed E-state index contributed by atoms with van der Waals surface area (Å²) in [6.45, 7) is 0. The van der Waals surface area contributed by atoms with Gasteiger partial charge in [-0.15, -0.1) is 0 Å². The summed E-state index contributed by atoms with van der Waals surface area (Å²) in [5.74, 6) is -5.98. The van der Waals surface area contributed by atoms with E-state index in [0.29, 0.717) is 5.69 Å². The topological polar surface area (TPSA) is 198 Å². The van der Waals surface area contributed by atoms with Crippen molar-refractivity contribution < 1.29 is 61.8 Å². The van der Waals surface area contributed by atoms with Crippen molar-refractivity contribution >= 4 is 30.0 Å². The number of carboxylic acids is 4. The molecule has 12 heteroatoms. The molecule has 1 heterocycles. The number of imidazole rings is 1. The molecule has 0 aliphatic rings. The van der Waals surface area contributed by atoms with Gasteiger partial charge in [-0.25, -0.2) is 14.6 Å². The quantitative estimate of drug-likeness (QED) is 0.256. The van der Waals surface area contributed by atoms with E-state index >= 15 is 0 Å². The predicted octanol–water partition coefficient (Wildman–Crippen LogP) is -0.743. The molecule has 0 saturated heterocycles. The molecule has 1 aromatic rings. The first-order valence-corrected chi connectivity index (χ1v) is 5.85. The van der Waals surface area contributed by atoms with Crippen LogP contribution in [-0.2, 0) is 36.2 Å². The second-order valence-electron chi connectivity index (χ2n) is 4.16. The van der Waals surface area contributed by atoms with E-state index in [2.05, 4.69) is 9.97 Å². The molecule has 0 spiro atoms. The van der Waals surface area contributed by atoms with Gasteiger partial charge in [0.25, 0.3) is 0 Å². The number of carboxylic acid groups (broad SMARTS) is 4. The molecule has 0 fully saturated rings. The molecule has 0 aliphatic carbocycles. The number of hydrogen-bond acceptors (Lipinski definition) is 6. The fourth-order valence-electron chi connectivity index (χ4n) is 1.23. The third-order valence-corrected chi connectivity index (χ3v) is 2.21. The first-order chi connectivity index (χ1) is 10.6. The van der Waals surface area contributed by atoms with Crippen LogP contribution in [0.2, 0.25) is 0 Å². The van der Waals surface area contributed by atoms with Gasteiger partial charge in [0.15, 0.2) is 5.60 Å². The number of carbonyl (C=O) groups is 4. The van der Waals surface area contributed by atoms with Crippen molar-refractivity contribution in [2.75, 3.05) is 0 Å². The number of aliphatic hydroxyl groups is 1. The monoisotopic (exact) mass is 385 g/mol. The van der Waals surface area contributed by atoms with Crippen molar-refractivity contribution in [1.82, 2.24) is 9.97 Å². The van der Waals surface area contributed by atoms with Crippen LogP contribution < -0.4 is 0 Å². The zero-order valence-corrected chi connectivity index (χ0v) is 13.1. The summed E-state index contributed by atoms with van der Waals surface area (Å²) in [5.41, 5.74) is -2.06. The van der Waals surface area contributed by atoms with Crippen LogP contribution in [0.25, 0.3) is 6.08 Å². The molecule has 1 aromatic heterocycles. The summed E-state index contributed by atoms with van der Waals surface area (Å²) in [6.07, 6.45) is 3.23. The number of aromatic amines is 1. The second kappa shape index (κ2) is 10.9. The standard InChI is InChI=1S/C6H6N2O2.C6H8O7.Mn/c9-6(10)2-1-5-3-7-4-8-5;7-3(8)1-6(13,5(11)12)2-4(9)10;/h1-4H,(H,7,8)(H,9,10);13H,1-2H2,(H,7,8)(H,9,10)(H,11,12);/q;;+2/b2-1+;;. The van der Waals surface area contributed by atoms with Gasteiger partial charge < -0.3 is 30.5 Å². The zero-order valence-electron chi connectivity index (χ0n) is 11.9. The molecule has 0 aromatic carbocycles. The normalized spacial score (nSPS) is 10.2. The van der Waals surface area contributed by atoms with Crippen molar-refractivity contribution in [3.8, 4) is 0 Å². The minimum atomic E-state index is -2.74. The van der Waals surface area contributed by atoms with Crippen LogP contribution in [0.4, 0.5) is 0 Å². The van der Waals surface area contributed by atoms with E-state index in [-0.39, 0.29) is 17.1 Å². The maximum Gasteiger partial charge on any atom is 2.00 e. The summed E-state index contributed by atoms with van der Waals surface area (Å²) >= 11 is 0. The van der Waals surface area contributed by atoms with Gasteiger partial charge in [0.1, 0.15) is 0 Å². The van der Waals surface area contributed by atoms with Crippen LogP contribution in [0.1, 0.15) is 18.5 Å². The average Bonchev–Trinajstić information content (AvgIpc) is 2.87. The Morgan fingerprint density at radius 3 is 1.88 bits per heavy atom. The van der Waals surface area contributed by atoms with E-state index in [1.165, 1.54) is 12.4 Å². The fourth-order valence-corrected chi connectivity index (χ4v) is 1.23. The first-order valence-electron chi connectivity index (χ1n) is 5.85. The number of hydrogen-bond donors (Lipinski definition) is 6. The molecule has 11 nitrogen and oxygen atoms in total. The number of rotatable bonds is 7. The molecule has 24 heavy (non-hydrogen) atoms. The Balaban J connectivity index is 0. The molecular weight excluding hydrogens is 371 g/mol. The van der Waals surface area contributed by atoms with Gasteiger partial charge >= 0.3 is 40.9 Å². The molecule has 0 amide bonds. The van der Waals surface area contributed by atoms with E-state index in [9.17, 15) is 19.2 Å². The molecule has 1 rings (SSSR count). The summed E-state index contributed by atoms with van der Waals surface area (Å²) < 4.78 is 0. The van der Waals surface area contributed by atoms with Gasteiger partial charge in [0.05, 0.1) is 31.1 Å². The van der Waals surface area contributed by atoms with Crippen LogP contribution in [-0.4, -0.2) is 65.0 Å². The summed E-state index contributed by atoms with van der Waals surface area (Å²) in [4.78, 5) is 46.9. The average molecular weight is 385 g/mol. The Labute approximate surface area is 145 Å². The molecule has 0 aliphatic heterocycles. The molecule has 131 valence electrons. The SMILES string of the molecule is O=C(O)/C=C/c1cnc[nH]1.O=C(O)CC(O)(CC(=O)O)C(=O)O.[Mn+2]. The van der Waals surface area contributed by atoms with E-state index in [0.717, 1.165) is 6.08 Å². The number of aromatic nitrogens is 2. The number of aliphatic carboxylic acids is 4. The zero-order chi connectivity index (χ0) is 18.0. The number of nitrogens with zero attached hydrogens (tertiary/aromatic N) is 1.